The molecule has 0 aliphatic heterocycles. The van der Waals surface area contributed by atoms with Gasteiger partial charge in [-0.25, -0.2) is 13.4 Å². The lowest BCUT2D eigenvalue weighted by atomic mass is 10.2. The van der Waals surface area contributed by atoms with Gasteiger partial charge in [0.25, 0.3) is 0 Å². The molecule has 0 saturated carbocycles. The molecule has 2 rings (SSSR count). The van der Waals surface area contributed by atoms with Crippen molar-refractivity contribution in [3.63, 3.8) is 0 Å². The summed E-state index contributed by atoms with van der Waals surface area (Å²) < 4.78 is 25.8. The lowest BCUT2D eigenvalue weighted by Crippen LogP contribution is -2.12. The smallest absolute Gasteiger partial charge is 0.180 e. The molecule has 0 aliphatic carbocycles. The van der Waals surface area contributed by atoms with Crippen LogP contribution >= 0.6 is 0 Å². The molecule has 2 aromatic rings. The Labute approximate surface area is 116 Å². The van der Waals surface area contributed by atoms with Crippen LogP contribution in [-0.2, 0) is 16.4 Å². The van der Waals surface area contributed by atoms with E-state index in [1.807, 2.05) is 6.07 Å². The van der Waals surface area contributed by atoms with Gasteiger partial charge in [0.15, 0.2) is 16.1 Å². The van der Waals surface area contributed by atoms with Crippen LogP contribution in [0.1, 0.15) is 16.1 Å². The molecule has 0 bridgehead atoms. The number of aldehydes is 1. The maximum absolute atomic E-state index is 12.1. The van der Waals surface area contributed by atoms with Crippen molar-refractivity contribution in [2.75, 3.05) is 5.75 Å². The highest BCUT2D eigenvalue weighted by Gasteiger charge is 2.15. The molecule has 0 unspecified atom stereocenters. The normalized spacial score (nSPS) is 10.9. The first-order valence-electron chi connectivity index (χ1n) is 5.75. The molecule has 1 aromatic carbocycles. The lowest BCUT2D eigenvalue weighted by molar-refractivity contribution is 0.111. The Kier molecular flexibility index (Phi) is 3.96. The maximum Gasteiger partial charge on any atom is 0.180 e. The van der Waals surface area contributed by atoms with Crippen molar-refractivity contribution in [3.05, 3.63) is 48.0 Å². The number of rotatable bonds is 5. The fourth-order valence-corrected chi connectivity index (χ4v) is 2.94. The summed E-state index contributed by atoms with van der Waals surface area (Å²) in [5, 5.41) is 8.78. The fourth-order valence-electron chi connectivity index (χ4n) is 1.66. The van der Waals surface area contributed by atoms with Crippen molar-refractivity contribution in [1.29, 1.82) is 5.26 Å². The van der Waals surface area contributed by atoms with E-state index in [0.29, 0.717) is 11.8 Å². The van der Waals surface area contributed by atoms with E-state index in [1.165, 1.54) is 35.3 Å². The van der Waals surface area contributed by atoms with Crippen molar-refractivity contribution in [3.8, 4) is 6.07 Å². The highest BCUT2D eigenvalue weighted by atomic mass is 32.2. The van der Waals surface area contributed by atoms with Gasteiger partial charge in [0.2, 0.25) is 0 Å². The Morgan fingerprint density at radius 3 is 2.85 bits per heavy atom. The molecule has 1 aromatic heterocycles. The van der Waals surface area contributed by atoms with E-state index in [9.17, 15) is 13.2 Å². The Bertz CT molecular complexity index is 772. The zero-order valence-electron chi connectivity index (χ0n) is 10.4. The number of carbonyl (C=O) groups is 1. The highest BCUT2D eigenvalue weighted by molar-refractivity contribution is 7.91. The number of nitriles is 1. The van der Waals surface area contributed by atoms with Crippen molar-refractivity contribution < 1.29 is 13.2 Å². The average Bonchev–Trinajstić information content (AvgIpc) is 2.93. The molecule has 0 saturated heterocycles. The Hall–Kier alpha value is -2.46. The number of hydrogen-bond acceptors (Lipinski definition) is 5. The van der Waals surface area contributed by atoms with Crippen LogP contribution in [0, 0.1) is 11.3 Å². The SMILES string of the molecule is N#Cc1cccc(S(=O)(=O)CCn2cnc(C=O)c2)c1. The standard InChI is InChI=1S/C13H11N3O3S/c14-7-11-2-1-3-13(6-11)20(18,19)5-4-16-8-12(9-17)15-10-16/h1-3,6,8-10H,4-5H2. The van der Waals surface area contributed by atoms with Gasteiger partial charge < -0.3 is 4.57 Å². The first kappa shape index (κ1) is 14.0. The summed E-state index contributed by atoms with van der Waals surface area (Å²) in [4.78, 5) is 14.4. The van der Waals surface area contributed by atoms with Crippen LogP contribution in [0.4, 0.5) is 0 Å². The monoisotopic (exact) mass is 289 g/mol. The molecule has 0 atom stereocenters. The van der Waals surface area contributed by atoms with Crippen LogP contribution in [0.15, 0.2) is 41.7 Å². The van der Waals surface area contributed by atoms with Gasteiger partial charge in [0.1, 0.15) is 5.69 Å². The zero-order chi connectivity index (χ0) is 14.6. The number of aryl methyl sites for hydroxylation is 1. The summed E-state index contributed by atoms with van der Waals surface area (Å²) in [6, 6.07) is 7.79. The molecule has 0 fully saturated rings. The predicted molar refractivity (Wildman–Crippen MR) is 70.8 cm³/mol. The summed E-state index contributed by atoms with van der Waals surface area (Å²) in [5.41, 5.74) is 0.561. The summed E-state index contributed by atoms with van der Waals surface area (Å²) in [5.74, 6) is -0.128. The van der Waals surface area contributed by atoms with Crippen molar-refractivity contribution in [2.45, 2.75) is 11.4 Å². The molecule has 0 amide bonds. The number of nitrogens with zero attached hydrogens (tertiary/aromatic N) is 3. The number of aromatic nitrogens is 2. The van der Waals surface area contributed by atoms with Gasteiger partial charge in [0.05, 0.1) is 28.6 Å². The van der Waals surface area contributed by atoms with Crippen molar-refractivity contribution >= 4 is 16.1 Å². The molecular formula is C13H11N3O3S. The second-order valence-corrected chi connectivity index (χ2v) is 6.22. The lowest BCUT2D eigenvalue weighted by Gasteiger charge is -2.05. The van der Waals surface area contributed by atoms with Crippen molar-refractivity contribution in [1.82, 2.24) is 9.55 Å². The van der Waals surface area contributed by atoms with Crippen LogP contribution in [-0.4, -0.2) is 30.0 Å². The molecule has 20 heavy (non-hydrogen) atoms. The first-order valence-corrected chi connectivity index (χ1v) is 7.40. The molecule has 1 heterocycles. The van der Waals surface area contributed by atoms with Crippen LogP contribution < -0.4 is 0 Å². The Morgan fingerprint density at radius 2 is 2.20 bits per heavy atom. The summed E-state index contributed by atoms with van der Waals surface area (Å²) in [6.07, 6.45) is 3.49. The van der Waals surface area contributed by atoms with Gasteiger partial charge in [-0.3, -0.25) is 4.79 Å². The van der Waals surface area contributed by atoms with E-state index in [-0.39, 0.29) is 22.9 Å². The Balaban J connectivity index is 2.14. The third kappa shape index (κ3) is 3.10. The topological polar surface area (TPSA) is 92.8 Å². The van der Waals surface area contributed by atoms with Gasteiger partial charge in [-0.05, 0) is 18.2 Å². The molecule has 0 spiro atoms. The molecule has 102 valence electrons. The van der Waals surface area contributed by atoms with Crippen LogP contribution in [0.2, 0.25) is 0 Å². The number of hydrogen-bond donors (Lipinski definition) is 0. The number of sulfone groups is 1. The second kappa shape index (κ2) is 5.67. The largest absolute Gasteiger partial charge is 0.336 e. The van der Waals surface area contributed by atoms with E-state index in [1.54, 1.807) is 6.07 Å². The van der Waals surface area contributed by atoms with Gasteiger partial charge >= 0.3 is 0 Å². The molecule has 6 nitrogen and oxygen atoms in total. The van der Waals surface area contributed by atoms with Crippen LogP contribution in [0.25, 0.3) is 0 Å². The predicted octanol–water partition coefficient (Wildman–Crippen LogP) is 1.04. The van der Waals surface area contributed by atoms with E-state index in [2.05, 4.69) is 4.98 Å². The third-order valence-electron chi connectivity index (χ3n) is 2.71. The third-order valence-corrected chi connectivity index (χ3v) is 4.41. The minimum Gasteiger partial charge on any atom is -0.336 e. The summed E-state index contributed by atoms with van der Waals surface area (Å²) in [6.45, 7) is 0.194. The average molecular weight is 289 g/mol. The molecule has 0 aliphatic rings. The van der Waals surface area contributed by atoms with E-state index < -0.39 is 9.84 Å². The summed E-state index contributed by atoms with van der Waals surface area (Å²) >= 11 is 0. The Morgan fingerprint density at radius 1 is 1.40 bits per heavy atom. The molecule has 0 radical (unpaired) electrons. The second-order valence-electron chi connectivity index (χ2n) is 4.11. The number of benzene rings is 1. The molecular weight excluding hydrogens is 278 g/mol. The quantitative estimate of drug-likeness (QED) is 0.767. The van der Waals surface area contributed by atoms with E-state index >= 15 is 0 Å². The van der Waals surface area contributed by atoms with Gasteiger partial charge in [-0.2, -0.15) is 5.26 Å². The highest BCUT2D eigenvalue weighted by Crippen LogP contribution is 2.13. The number of carbonyl (C=O) groups excluding carboxylic acids is 1. The van der Waals surface area contributed by atoms with Gasteiger partial charge in [-0.15, -0.1) is 0 Å². The minimum absolute atomic E-state index is 0.118. The zero-order valence-corrected chi connectivity index (χ0v) is 11.2. The fraction of sp³-hybridized carbons (Fsp3) is 0.154. The minimum atomic E-state index is -3.48. The van der Waals surface area contributed by atoms with Crippen molar-refractivity contribution in [2.24, 2.45) is 0 Å². The maximum atomic E-state index is 12.1. The van der Waals surface area contributed by atoms with E-state index in [4.69, 9.17) is 5.26 Å². The van der Waals surface area contributed by atoms with Gasteiger partial charge in [0, 0.05) is 12.7 Å². The molecule has 7 heteroatoms. The number of imidazole rings is 1. The first-order chi connectivity index (χ1) is 9.55. The summed E-state index contributed by atoms with van der Waals surface area (Å²) in [7, 11) is -3.48. The van der Waals surface area contributed by atoms with E-state index in [0.717, 1.165) is 0 Å². The van der Waals surface area contributed by atoms with Crippen LogP contribution in [0.3, 0.4) is 0 Å². The molecule has 0 N–H and O–H groups in total. The van der Waals surface area contributed by atoms with Crippen LogP contribution in [0.5, 0.6) is 0 Å². The van der Waals surface area contributed by atoms with Gasteiger partial charge in [-0.1, -0.05) is 6.07 Å².